The van der Waals surface area contributed by atoms with E-state index in [9.17, 15) is 9.90 Å². The summed E-state index contributed by atoms with van der Waals surface area (Å²) in [5.41, 5.74) is 3.77. The number of rotatable bonds is 1. The number of aromatic nitrogens is 2. The highest BCUT2D eigenvalue weighted by Crippen LogP contribution is 2.35. The van der Waals surface area contributed by atoms with E-state index < -0.39 is 0 Å². The Bertz CT molecular complexity index is 1000. The fourth-order valence-corrected chi connectivity index (χ4v) is 3.33. The highest BCUT2D eigenvalue weighted by molar-refractivity contribution is 6.31. The molecule has 0 aliphatic heterocycles. The van der Waals surface area contributed by atoms with Crippen LogP contribution >= 0.6 is 11.6 Å². The van der Waals surface area contributed by atoms with Crippen LogP contribution in [0, 0.1) is 6.92 Å². The summed E-state index contributed by atoms with van der Waals surface area (Å²) in [5, 5.41) is 10.7. The molecule has 0 saturated carbocycles. The van der Waals surface area contributed by atoms with Gasteiger partial charge in [-0.1, -0.05) is 38.4 Å². The molecule has 1 aromatic carbocycles. The predicted molar refractivity (Wildman–Crippen MR) is 97.9 cm³/mol. The van der Waals surface area contributed by atoms with E-state index in [1.165, 1.54) is 18.5 Å². The van der Waals surface area contributed by atoms with Crippen LogP contribution in [0.5, 0.6) is 5.75 Å². The predicted octanol–water partition coefficient (Wildman–Crippen LogP) is 4.56. The minimum absolute atomic E-state index is 0.0626. The molecule has 0 bridgehead atoms. The number of aryl methyl sites for hydroxylation is 1. The summed E-state index contributed by atoms with van der Waals surface area (Å²) in [7, 11) is 0. The van der Waals surface area contributed by atoms with Gasteiger partial charge in [0.25, 0.3) is 0 Å². The number of aromatic hydroxyl groups is 1. The summed E-state index contributed by atoms with van der Waals surface area (Å²) >= 11 is 6.47. The van der Waals surface area contributed by atoms with Crippen LogP contribution in [0.3, 0.4) is 0 Å². The average molecular weight is 343 g/mol. The van der Waals surface area contributed by atoms with Gasteiger partial charge in [0.1, 0.15) is 5.75 Å². The van der Waals surface area contributed by atoms with E-state index in [2.05, 4.69) is 36.8 Å². The summed E-state index contributed by atoms with van der Waals surface area (Å²) in [6.07, 6.45) is 2.79. The van der Waals surface area contributed by atoms with Crippen molar-refractivity contribution < 1.29 is 5.11 Å². The summed E-state index contributed by atoms with van der Waals surface area (Å²) in [4.78, 5) is 19.5. The highest BCUT2D eigenvalue weighted by Gasteiger charge is 2.19. The normalized spacial score (nSPS) is 11.9. The van der Waals surface area contributed by atoms with E-state index in [4.69, 9.17) is 11.6 Å². The number of aromatic amines is 1. The van der Waals surface area contributed by atoms with Gasteiger partial charge in [0.15, 0.2) is 5.43 Å². The van der Waals surface area contributed by atoms with Crippen LogP contribution in [0.1, 0.15) is 31.9 Å². The molecule has 0 radical (unpaired) electrons. The van der Waals surface area contributed by atoms with E-state index in [-0.39, 0.29) is 22.0 Å². The summed E-state index contributed by atoms with van der Waals surface area (Å²) in [5.74, 6) is -0.127. The lowest BCUT2D eigenvalue weighted by Gasteiger charge is -2.22. The molecule has 4 nitrogen and oxygen atoms in total. The highest BCUT2D eigenvalue weighted by atomic mass is 35.5. The average Bonchev–Trinajstić information content (AvgIpc) is 2.47. The molecular formula is C19H19ClN2O2. The van der Waals surface area contributed by atoms with Gasteiger partial charge in [0.05, 0.1) is 29.0 Å². The lowest BCUT2D eigenvalue weighted by Crippen LogP contribution is -2.12. The van der Waals surface area contributed by atoms with Crippen molar-refractivity contribution in [1.29, 1.82) is 0 Å². The Kier molecular flexibility index (Phi) is 3.88. The van der Waals surface area contributed by atoms with Crippen molar-refractivity contribution in [2.45, 2.75) is 33.1 Å². The maximum atomic E-state index is 12.4. The smallest absolute Gasteiger partial charge is 0.193 e. The van der Waals surface area contributed by atoms with Gasteiger partial charge in [0.2, 0.25) is 0 Å². The fourth-order valence-electron chi connectivity index (χ4n) is 2.88. The zero-order valence-electron chi connectivity index (χ0n) is 14.1. The van der Waals surface area contributed by atoms with Crippen molar-refractivity contribution in [3.05, 3.63) is 57.0 Å². The van der Waals surface area contributed by atoms with Crippen LogP contribution in [0.25, 0.3) is 22.2 Å². The number of halogens is 1. The fraction of sp³-hybridized carbons (Fsp3) is 0.263. The van der Waals surface area contributed by atoms with Crippen molar-refractivity contribution in [1.82, 2.24) is 9.97 Å². The maximum Gasteiger partial charge on any atom is 0.193 e. The first kappa shape index (κ1) is 16.5. The molecular weight excluding hydrogens is 324 g/mol. The van der Waals surface area contributed by atoms with Crippen LogP contribution in [-0.2, 0) is 5.41 Å². The first-order valence-electron chi connectivity index (χ1n) is 7.69. The molecule has 2 N–H and O–H groups in total. The second-order valence-electron chi connectivity index (χ2n) is 7.03. The van der Waals surface area contributed by atoms with Gasteiger partial charge in [-0.3, -0.25) is 9.78 Å². The molecule has 0 atom stereocenters. The van der Waals surface area contributed by atoms with Gasteiger partial charge >= 0.3 is 0 Å². The van der Waals surface area contributed by atoms with Gasteiger partial charge in [-0.15, -0.1) is 0 Å². The van der Waals surface area contributed by atoms with Crippen molar-refractivity contribution >= 4 is 22.5 Å². The minimum Gasteiger partial charge on any atom is -0.505 e. The van der Waals surface area contributed by atoms with E-state index in [1.54, 1.807) is 0 Å². The van der Waals surface area contributed by atoms with Gasteiger partial charge in [-0.2, -0.15) is 0 Å². The number of nitrogens with one attached hydrogen (secondary N) is 1. The molecule has 0 saturated heterocycles. The number of benzene rings is 1. The number of nitrogens with zero attached hydrogens (tertiary/aromatic N) is 1. The molecule has 2 heterocycles. The summed E-state index contributed by atoms with van der Waals surface area (Å²) in [6, 6.07) is 5.42. The molecule has 3 aromatic rings. The molecule has 5 heteroatoms. The van der Waals surface area contributed by atoms with E-state index in [0.29, 0.717) is 16.2 Å². The number of hydrogen-bond donors (Lipinski definition) is 2. The largest absolute Gasteiger partial charge is 0.505 e. The number of pyridine rings is 2. The van der Waals surface area contributed by atoms with Crippen LogP contribution in [0.4, 0.5) is 0 Å². The lowest BCUT2D eigenvalue weighted by atomic mass is 9.85. The third-order valence-electron chi connectivity index (χ3n) is 4.13. The Labute approximate surface area is 145 Å². The topological polar surface area (TPSA) is 66.0 Å². The number of H-pyrrole nitrogens is 1. The van der Waals surface area contributed by atoms with Gasteiger partial charge in [-0.05, 0) is 29.5 Å². The molecule has 2 aromatic heterocycles. The van der Waals surface area contributed by atoms with Crippen LogP contribution in [-0.4, -0.2) is 15.1 Å². The van der Waals surface area contributed by atoms with Crippen LogP contribution in [0.2, 0.25) is 5.02 Å². The second kappa shape index (κ2) is 5.64. The third-order valence-corrected chi connectivity index (χ3v) is 4.44. The maximum absolute atomic E-state index is 12.4. The molecule has 0 aliphatic carbocycles. The minimum atomic E-state index is -0.255. The van der Waals surface area contributed by atoms with Crippen LogP contribution in [0.15, 0.2) is 35.4 Å². The molecule has 0 spiro atoms. The molecule has 0 amide bonds. The SMILES string of the molecule is Cc1cc(C(C)(C)C)c(Cl)cc1-c1cc(=O)c2c(O)cncc2[nH]1. The Morgan fingerprint density at radius 1 is 1.17 bits per heavy atom. The molecule has 0 aliphatic rings. The zero-order valence-corrected chi connectivity index (χ0v) is 14.8. The van der Waals surface area contributed by atoms with Gasteiger partial charge in [0, 0.05) is 16.7 Å². The monoisotopic (exact) mass is 342 g/mol. The molecule has 0 unspecified atom stereocenters. The third kappa shape index (κ3) is 2.78. The lowest BCUT2D eigenvalue weighted by molar-refractivity contribution is 0.479. The Morgan fingerprint density at radius 3 is 2.54 bits per heavy atom. The van der Waals surface area contributed by atoms with Gasteiger partial charge in [-0.25, -0.2) is 0 Å². The van der Waals surface area contributed by atoms with E-state index >= 15 is 0 Å². The molecule has 0 fully saturated rings. The Morgan fingerprint density at radius 2 is 1.88 bits per heavy atom. The molecule has 3 rings (SSSR count). The van der Waals surface area contributed by atoms with Crippen molar-refractivity contribution in [2.75, 3.05) is 0 Å². The number of hydrogen-bond acceptors (Lipinski definition) is 3. The quantitative estimate of drug-likeness (QED) is 0.681. The summed E-state index contributed by atoms with van der Waals surface area (Å²) < 4.78 is 0. The second-order valence-corrected chi connectivity index (χ2v) is 7.43. The first-order valence-corrected chi connectivity index (χ1v) is 8.07. The molecule has 24 heavy (non-hydrogen) atoms. The van der Waals surface area contributed by atoms with Crippen LogP contribution < -0.4 is 5.43 Å². The Balaban J connectivity index is 2.25. The van der Waals surface area contributed by atoms with Gasteiger partial charge < -0.3 is 10.1 Å². The summed E-state index contributed by atoms with van der Waals surface area (Å²) in [6.45, 7) is 8.32. The first-order chi connectivity index (χ1) is 11.2. The number of fused-ring (bicyclic) bond motifs is 1. The van der Waals surface area contributed by atoms with Crippen molar-refractivity contribution in [2.24, 2.45) is 0 Å². The van der Waals surface area contributed by atoms with Crippen molar-refractivity contribution in [3.63, 3.8) is 0 Å². The van der Waals surface area contributed by atoms with Crippen molar-refractivity contribution in [3.8, 4) is 17.0 Å². The zero-order chi connectivity index (χ0) is 17.6. The molecule has 124 valence electrons. The Hall–Kier alpha value is -2.33. The standard InChI is InChI=1S/C19H19ClN2O2/c1-10-5-12(19(2,3)4)13(20)6-11(10)14-7-16(23)18-15(22-14)8-21-9-17(18)24/h5-9,24H,1-4H3,(H,22,23). The van der Waals surface area contributed by atoms with E-state index in [0.717, 1.165) is 16.7 Å². The van der Waals surface area contributed by atoms with E-state index in [1.807, 2.05) is 13.0 Å².